The van der Waals surface area contributed by atoms with Crippen LogP contribution < -0.4 is 4.90 Å². The van der Waals surface area contributed by atoms with E-state index < -0.39 is 0 Å². The van der Waals surface area contributed by atoms with Crippen LogP contribution in [0.5, 0.6) is 0 Å². The molecule has 0 spiro atoms. The number of aryl methyl sites for hydroxylation is 3. The molecule has 1 aliphatic rings. The summed E-state index contributed by atoms with van der Waals surface area (Å²) in [5.41, 5.74) is 5.15. The Morgan fingerprint density at radius 3 is 2.33 bits per heavy atom. The average molecular weight is 400 g/mol. The monoisotopic (exact) mass is 399 g/mol. The van der Waals surface area contributed by atoms with Crippen LogP contribution in [0.15, 0.2) is 30.3 Å². The second kappa shape index (κ2) is 7.13. The summed E-state index contributed by atoms with van der Waals surface area (Å²) in [7, 11) is 0. The highest BCUT2D eigenvalue weighted by molar-refractivity contribution is 7.22. The Kier molecular flexibility index (Phi) is 4.82. The SMILES string of the molecule is Cc1cc(C)cc(C(=O)N2CCN(c3nc4c(C)ccc(Cl)c4s3)CC2)c1. The molecule has 0 N–H and O–H groups in total. The molecule has 6 heteroatoms. The summed E-state index contributed by atoms with van der Waals surface area (Å²) >= 11 is 7.97. The van der Waals surface area contributed by atoms with Crippen molar-refractivity contribution >= 4 is 44.2 Å². The van der Waals surface area contributed by atoms with Crippen molar-refractivity contribution in [1.82, 2.24) is 9.88 Å². The predicted octanol–water partition coefficient (Wildman–Crippen LogP) is 4.84. The highest BCUT2D eigenvalue weighted by atomic mass is 35.5. The first-order valence-corrected chi connectivity index (χ1v) is 10.3. The Labute approximate surface area is 168 Å². The lowest BCUT2D eigenvalue weighted by Gasteiger charge is -2.34. The zero-order valence-corrected chi connectivity index (χ0v) is 17.3. The molecule has 0 atom stereocenters. The van der Waals surface area contributed by atoms with Gasteiger partial charge in [0.15, 0.2) is 5.13 Å². The quantitative estimate of drug-likeness (QED) is 0.618. The lowest BCUT2D eigenvalue weighted by atomic mass is 10.1. The normalized spacial score (nSPS) is 14.8. The number of nitrogens with zero attached hydrogens (tertiary/aromatic N) is 3. The molecule has 0 saturated carbocycles. The number of carbonyl (C=O) groups excluding carboxylic acids is 1. The van der Waals surface area contributed by atoms with Crippen molar-refractivity contribution in [3.63, 3.8) is 0 Å². The van der Waals surface area contributed by atoms with Gasteiger partial charge in [0.05, 0.1) is 15.2 Å². The molecule has 1 aliphatic heterocycles. The number of hydrogen-bond donors (Lipinski definition) is 0. The Hall–Kier alpha value is -2.11. The fraction of sp³-hybridized carbons (Fsp3) is 0.333. The minimum Gasteiger partial charge on any atom is -0.345 e. The van der Waals surface area contributed by atoms with E-state index in [2.05, 4.69) is 17.9 Å². The van der Waals surface area contributed by atoms with Gasteiger partial charge in [0, 0.05) is 31.7 Å². The van der Waals surface area contributed by atoms with Gasteiger partial charge in [-0.2, -0.15) is 0 Å². The van der Waals surface area contributed by atoms with Crippen LogP contribution in [0.3, 0.4) is 0 Å². The third kappa shape index (κ3) is 3.54. The number of halogens is 1. The van der Waals surface area contributed by atoms with Gasteiger partial charge in [0.2, 0.25) is 0 Å². The van der Waals surface area contributed by atoms with Crippen LogP contribution in [0.1, 0.15) is 27.0 Å². The number of thiazole rings is 1. The van der Waals surface area contributed by atoms with Crippen molar-refractivity contribution in [2.45, 2.75) is 20.8 Å². The zero-order valence-electron chi connectivity index (χ0n) is 15.8. The van der Waals surface area contributed by atoms with Gasteiger partial charge in [-0.25, -0.2) is 4.98 Å². The van der Waals surface area contributed by atoms with E-state index in [1.807, 2.05) is 43.0 Å². The summed E-state index contributed by atoms with van der Waals surface area (Å²) in [6, 6.07) is 9.98. The van der Waals surface area contributed by atoms with Gasteiger partial charge in [0.1, 0.15) is 0 Å². The van der Waals surface area contributed by atoms with Crippen LogP contribution in [0, 0.1) is 20.8 Å². The van der Waals surface area contributed by atoms with Crippen molar-refractivity contribution in [2.75, 3.05) is 31.1 Å². The van der Waals surface area contributed by atoms with Gasteiger partial charge in [-0.3, -0.25) is 4.79 Å². The van der Waals surface area contributed by atoms with E-state index in [1.54, 1.807) is 11.3 Å². The second-order valence-corrected chi connectivity index (χ2v) is 8.58. The molecule has 2 heterocycles. The third-order valence-electron chi connectivity index (χ3n) is 4.99. The van der Waals surface area contributed by atoms with Crippen molar-refractivity contribution < 1.29 is 4.79 Å². The van der Waals surface area contributed by atoms with Crippen LogP contribution in [-0.4, -0.2) is 42.0 Å². The van der Waals surface area contributed by atoms with Crippen LogP contribution in [0.4, 0.5) is 5.13 Å². The maximum Gasteiger partial charge on any atom is 0.253 e. The highest BCUT2D eigenvalue weighted by Crippen LogP contribution is 2.35. The van der Waals surface area contributed by atoms with E-state index in [9.17, 15) is 4.79 Å². The van der Waals surface area contributed by atoms with Gasteiger partial charge in [-0.05, 0) is 44.5 Å². The number of piperazine rings is 1. The number of amides is 1. The number of aromatic nitrogens is 1. The molecule has 4 rings (SSSR count). The number of anilines is 1. The van der Waals surface area contributed by atoms with Crippen LogP contribution in [0.25, 0.3) is 10.2 Å². The molecule has 1 saturated heterocycles. The first-order valence-electron chi connectivity index (χ1n) is 9.10. The molecule has 0 radical (unpaired) electrons. The first kappa shape index (κ1) is 18.3. The summed E-state index contributed by atoms with van der Waals surface area (Å²) in [6.45, 7) is 9.09. The molecule has 1 aromatic heterocycles. The molecule has 27 heavy (non-hydrogen) atoms. The summed E-state index contributed by atoms with van der Waals surface area (Å²) in [4.78, 5) is 21.9. The molecule has 0 unspecified atom stereocenters. The van der Waals surface area contributed by atoms with E-state index in [-0.39, 0.29) is 5.91 Å². The minimum atomic E-state index is 0.115. The number of fused-ring (bicyclic) bond motifs is 1. The Morgan fingerprint density at radius 1 is 1.04 bits per heavy atom. The van der Waals surface area contributed by atoms with E-state index >= 15 is 0 Å². The van der Waals surface area contributed by atoms with Gasteiger partial charge in [0.25, 0.3) is 5.91 Å². The summed E-state index contributed by atoms with van der Waals surface area (Å²) in [5.74, 6) is 0.115. The number of carbonyl (C=O) groups is 1. The fourth-order valence-corrected chi connectivity index (χ4v) is 4.98. The largest absolute Gasteiger partial charge is 0.345 e. The molecule has 0 bridgehead atoms. The van der Waals surface area contributed by atoms with E-state index in [0.717, 1.165) is 55.7 Å². The summed E-state index contributed by atoms with van der Waals surface area (Å²) in [6.07, 6.45) is 0. The number of benzene rings is 2. The molecule has 0 aliphatic carbocycles. The van der Waals surface area contributed by atoms with E-state index in [1.165, 1.54) is 0 Å². The average Bonchev–Trinajstić information content (AvgIpc) is 3.10. The molecular formula is C21H22ClN3OS. The minimum absolute atomic E-state index is 0.115. The molecule has 1 amide bonds. The third-order valence-corrected chi connectivity index (χ3v) is 6.57. The first-order chi connectivity index (χ1) is 12.9. The molecule has 1 fully saturated rings. The van der Waals surface area contributed by atoms with E-state index in [4.69, 9.17) is 16.6 Å². The van der Waals surface area contributed by atoms with Gasteiger partial charge < -0.3 is 9.80 Å². The Bertz CT molecular complexity index is 962. The van der Waals surface area contributed by atoms with Crippen molar-refractivity contribution in [3.05, 3.63) is 57.6 Å². The topological polar surface area (TPSA) is 36.4 Å². The second-order valence-electron chi connectivity index (χ2n) is 7.19. The van der Waals surface area contributed by atoms with Crippen LogP contribution in [-0.2, 0) is 0 Å². The number of rotatable bonds is 2. The molecular weight excluding hydrogens is 378 g/mol. The fourth-order valence-electron chi connectivity index (χ4n) is 3.61. The van der Waals surface area contributed by atoms with Gasteiger partial charge in [-0.1, -0.05) is 46.2 Å². The summed E-state index contributed by atoms with van der Waals surface area (Å²) in [5, 5.41) is 1.74. The summed E-state index contributed by atoms with van der Waals surface area (Å²) < 4.78 is 1.04. The smallest absolute Gasteiger partial charge is 0.253 e. The lowest BCUT2D eigenvalue weighted by molar-refractivity contribution is 0.0746. The van der Waals surface area contributed by atoms with Crippen LogP contribution in [0.2, 0.25) is 5.02 Å². The Morgan fingerprint density at radius 2 is 1.70 bits per heavy atom. The standard InChI is InChI=1S/C21H22ClN3OS/c1-13-10-14(2)12-16(11-13)20(26)24-6-8-25(9-7-24)21-23-18-15(3)4-5-17(22)19(18)27-21/h4-5,10-12H,6-9H2,1-3H3. The maximum absolute atomic E-state index is 12.9. The molecule has 140 valence electrons. The van der Waals surface area contributed by atoms with Crippen LogP contribution >= 0.6 is 22.9 Å². The van der Waals surface area contributed by atoms with Crippen molar-refractivity contribution in [1.29, 1.82) is 0 Å². The van der Waals surface area contributed by atoms with E-state index in [0.29, 0.717) is 13.1 Å². The van der Waals surface area contributed by atoms with Crippen molar-refractivity contribution in [3.8, 4) is 0 Å². The molecule has 4 nitrogen and oxygen atoms in total. The maximum atomic E-state index is 12.9. The van der Waals surface area contributed by atoms with Gasteiger partial charge in [-0.15, -0.1) is 0 Å². The highest BCUT2D eigenvalue weighted by Gasteiger charge is 2.24. The lowest BCUT2D eigenvalue weighted by Crippen LogP contribution is -2.48. The predicted molar refractivity (Wildman–Crippen MR) is 113 cm³/mol. The van der Waals surface area contributed by atoms with Gasteiger partial charge >= 0.3 is 0 Å². The Balaban J connectivity index is 1.50. The van der Waals surface area contributed by atoms with Crippen molar-refractivity contribution in [2.24, 2.45) is 0 Å². The molecule has 3 aromatic rings. The molecule has 2 aromatic carbocycles. The zero-order chi connectivity index (χ0) is 19.1. The number of hydrogen-bond acceptors (Lipinski definition) is 4.